The fourth-order valence-corrected chi connectivity index (χ4v) is 3.49. The van der Waals surface area contributed by atoms with Crippen LogP contribution in [0.4, 0.5) is 0 Å². The molecular formula is C19H23N3O4. The highest BCUT2D eigenvalue weighted by Crippen LogP contribution is 2.35. The minimum atomic E-state index is -0.293. The molecule has 1 aliphatic heterocycles. The summed E-state index contributed by atoms with van der Waals surface area (Å²) >= 11 is 0. The quantitative estimate of drug-likeness (QED) is 0.882. The molecule has 1 aromatic carbocycles. The second-order valence-electron chi connectivity index (χ2n) is 7.24. The van der Waals surface area contributed by atoms with Gasteiger partial charge in [-0.05, 0) is 37.0 Å². The Morgan fingerprint density at radius 3 is 2.73 bits per heavy atom. The summed E-state index contributed by atoms with van der Waals surface area (Å²) < 4.78 is 16.2. The van der Waals surface area contributed by atoms with Crippen molar-refractivity contribution in [2.24, 2.45) is 11.8 Å². The molecule has 7 heteroatoms. The zero-order chi connectivity index (χ0) is 18.1. The molecule has 2 aromatic rings. The van der Waals surface area contributed by atoms with Gasteiger partial charge in [0.2, 0.25) is 24.4 Å². The normalized spacial score (nSPS) is 17.7. The van der Waals surface area contributed by atoms with Gasteiger partial charge in [0.1, 0.15) is 6.04 Å². The molecule has 2 heterocycles. The molecule has 138 valence electrons. The lowest BCUT2D eigenvalue weighted by atomic mass is 10.0. The van der Waals surface area contributed by atoms with E-state index in [2.05, 4.69) is 15.5 Å². The first-order chi connectivity index (χ1) is 12.6. The van der Waals surface area contributed by atoms with Gasteiger partial charge in [0.15, 0.2) is 11.5 Å². The Hall–Kier alpha value is -2.57. The highest BCUT2D eigenvalue weighted by molar-refractivity contribution is 5.79. The second-order valence-corrected chi connectivity index (χ2v) is 7.24. The highest BCUT2D eigenvalue weighted by atomic mass is 16.7. The Balaban J connectivity index is 1.53. The number of carbonyl (C=O) groups is 1. The minimum absolute atomic E-state index is 0.0871. The van der Waals surface area contributed by atoms with E-state index < -0.39 is 0 Å². The molecule has 1 aromatic heterocycles. The highest BCUT2D eigenvalue weighted by Gasteiger charge is 2.29. The van der Waals surface area contributed by atoms with E-state index in [1.807, 2.05) is 32.0 Å². The van der Waals surface area contributed by atoms with Crippen molar-refractivity contribution in [3.05, 3.63) is 24.1 Å². The molecule has 0 unspecified atom stereocenters. The molecule has 1 atom stereocenters. The smallest absolute Gasteiger partial charge is 0.249 e. The number of benzene rings is 1. The van der Waals surface area contributed by atoms with Crippen molar-refractivity contribution in [1.82, 2.24) is 15.5 Å². The number of aromatic nitrogens is 2. The van der Waals surface area contributed by atoms with Crippen molar-refractivity contribution in [3.8, 4) is 22.9 Å². The van der Waals surface area contributed by atoms with Crippen LogP contribution in [0.5, 0.6) is 11.5 Å². The summed E-state index contributed by atoms with van der Waals surface area (Å²) in [4.78, 5) is 17.0. The second kappa shape index (κ2) is 6.97. The lowest BCUT2D eigenvalue weighted by molar-refractivity contribution is -0.126. The number of rotatable bonds is 5. The molecule has 1 N–H and O–H groups in total. The number of ether oxygens (including phenoxy) is 2. The molecule has 0 saturated heterocycles. The summed E-state index contributed by atoms with van der Waals surface area (Å²) in [6.07, 6.45) is 4.17. The predicted molar refractivity (Wildman–Crippen MR) is 93.5 cm³/mol. The zero-order valence-corrected chi connectivity index (χ0v) is 15.0. The van der Waals surface area contributed by atoms with Crippen LogP contribution >= 0.6 is 0 Å². The summed E-state index contributed by atoms with van der Waals surface area (Å²) in [6.45, 7) is 4.28. The maximum Gasteiger partial charge on any atom is 0.249 e. The summed E-state index contributed by atoms with van der Waals surface area (Å²) in [5.41, 5.74) is 0.786. The Morgan fingerprint density at radius 2 is 1.96 bits per heavy atom. The van der Waals surface area contributed by atoms with Gasteiger partial charge in [-0.3, -0.25) is 4.79 Å². The predicted octanol–water partition coefficient (Wildman–Crippen LogP) is 3.47. The van der Waals surface area contributed by atoms with Crippen LogP contribution in [0, 0.1) is 11.8 Å². The molecule has 0 spiro atoms. The van der Waals surface area contributed by atoms with Gasteiger partial charge in [0.25, 0.3) is 0 Å². The van der Waals surface area contributed by atoms with Crippen molar-refractivity contribution >= 4 is 5.91 Å². The van der Waals surface area contributed by atoms with E-state index in [9.17, 15) is 4.79 Å². The van der Waals surface area contributed by atoms with Crippen molar-refractivity contribution in [1.29, 1.82) is 0 Å². The van der Waals surface area contributed by atoms with Gasteiger partial charge in [-0.15, -0.1) is 0 Å². The van der Waals surface area contributed by atoms with E-state index in [1.54, 1.807) is 0 Å². The van der Waals surface area contributed by atoms with E-state index >= 15 is 0 Å². The molecule has 2 aliphatic rings. The van der Waals surface area contributed by atoms with Gasteiger partial charge in [-0.25, -0.2) is 0 Å². The standard InChI is InChI=1S/C19H23N3O4/c1-11(2)16(20-18(23)12-5-3-4-6-12)19-21-17(22-26-19)13-7-8-14-15(9-13)25-10-24-14/h7-9,11-12,16H,3-6,10H2,1-2H3,(H,20,23)/t16-/m1/s1. The van der Waals surface area contributed by atoms with Crippen LogP contribution in [0.15, 0.2) is 22.7 Å². The molecule has 1 saturated carbocycles. The summed E-state index contributed by atoms with van der Waals surface area (Å²) in [5.74, 6) is 2.62. The lowest BCUT2D eigenvalue weighted by Crippen LogP contribution is -2.35. The first-order valence-electron chi connectivity index (χ1n) is 9.16. The number of nitrogens with one attached hydrogen (secondary N) is 1. The topological polar surface area (TPSA) is 86.5 Å². The maximum atomic E-state index is 12.5. The Morgan fingerprint density at radius 1 is 1.19 bits per heavy atom. The molecule has 7 nitrogen and oxygen atoms in total. The average molecular weight is 357 g/mol. The molecule has 1 aliphatic carbocycles. The van der Waals surface area contributed by atoms with Gasteiger partial charge in [0, 0.05) is 11.5 Å². The SMILES string of the molecule is CC(C)[C@@H](NC(=O)C1CCCC1)c1nc(-c2ccc3c(c2)OCO3)no1. The zero-order valence-electron chi connectivity index (χ0n) is 15.0. The molecule has 26 heavy (non-hydrogen) atoms. The molecule has 0 radical (unpaired) electrons. The fourth-order valence-electron chi connectivity index (χ4n) is 3.49. The number of nitrogens with zero attached hydrogens (tertiary/aromatic N) is 2. The third-order valence-electron chi connectivity index (χ3n) is 5.03. The third kappa shape index (κ3) is 3.25. The summed E-state index contributed by atoms with van der Waals surface area (Å²) in [5, 5.41) is 7.19. The Labute approximate surface area is 152 Å². The molecule has 1 fully saturated rings. The van der Waals surface area contributed by atoms with Gasteiger partial charge in [0.05, 0.1) is 0 Å². The number of carbonyl (C=O) groups excluding carboxylic acids is 1. The van der Waals surface area contributed by atoms with Crippen LogP contribution in [0.1, 0.15) is 51.5 Å². The largest absolute Gasteiger partial charge is 0.454 e. The van der Waals surface area contributed by atoms with Crippen molar-refractivity contribution < 1.29 is 18.8 Å². The average Bonchev–Trinajstić information content (AvgIpc) is 3.39. The first kappa shape index (κ1) is 16.9. The van der Waals surface area contributed by atoms with E-state index in [-0.39, 0.29) is 30.6 Å². The number of amides is 1. The van der Waals surface area contributed by atoms with Gasteiger partial charge in [-0.1, -0.05) is 31.8 Å². The number of fused-ring (bicyclic) bond motifs is 1. The molecule has 4 rings (SSSR count). The first-order valence-corrected chi connectivity index (χ1v) is 9.16. The van der Waals surface area contributed by atoms with E-state index in [0.29, 0.717) is 23.2 Å². The lowest BCUT2D eigenvalue weighted by Gasteiger charge is -2.20. The molecular weight excluding hydrogens is 334 g/mol. The maximum absolute atomic E-state index is 12.5. The van der Waals surface area contributed by atoms with Crippen molar-refractivity contribution in [3.63, 3.8) is 0 Å². The van der Waals surface area contributed by atoms with Crippen LogP contribution in [0.25, 0.3) is 11.4 Å². The van der Waals surface area contributed by atoms with Crippen LogP contribution in [0.3, 0.4) is 0 Å². The number of hydrogen-bond donors (Lipinski definition) is 1. The van der Waals surface area contributed by atoms with Crippen LogP contribution < -0.4 is 14.8 Å². The Kier molecular flexibility index (Phi) is 4.53. The van der Waals surface area contributed by atoms with E-state index in [0.717, 1.165) is 31.2 Å². The summed E-state index contributed by atoms with van der Waals surface area (Å²) in [7, 11) is 0. The minimum Gasteiger partial charge on any atom is -0.454 e. The van der Waals surface area contributed by atoms with E-state index in [4.69, 9.17) is 14.0 Å². The molecule has 1 amide bonds. The van der Waals surface area contributed by atoms with Gasteiger partial charge < -0.3 is 19.3 Å². The Bertz CT molecular complexity index is 796. The van der Waals surface area contributed by atoms with Gasteiger partial charge in [-0.2, -0.15) is 4.98 Å². The monoisotopic (exact) mass is 357 g/mol. The van der Waals surface area contributed by atoms with Gasteiger partial charge >= 0.3 is 0 Å². The third-order valence-corrected chi connectivity index (χ3v) is 5.03. The summed E-state index contributed by atoms with van der Waals surface area (Å²) in [6, 6.07) is 5.23. The van der Waals surface area contributed by atoms with Crippen molar-refractivity contribution in [2.45, 2.75) is 45.6 Å². The molecule has 0 bridgehead atoms. The van der Waals surface area contributed by atoms with Crippen LogP contribution in [0.2, 0.25) is 0 Å². The van der Waals surface area contributed by atoms with E-state index in [1.165, 1.54) is 0 Å². The van der Waals surface area contributed by atoms with Crippen LogP contribution in [-0.4, -0.2) is 22.8 Å². The number of hydrogen-bond acceptors (Lipinski definition) is 6. The fraction of sp³-hybridized carbons (Fsp3) is 0.526. The van der Waals surface area contributed by atoms with Crippen molar-refractivity contribution in [2.75, 3.05) is 6.79 Å². The van der Waals surface area contributed by atoms with Crippen LogP contribution in [-0.2, 0) is 4.79 Å².